The molecule has 2 unspecified atom stereocenters. The first-order valence-electron chi connectivity index (χ1n) is 6.06. The van der Waals surface area contributed by atoms with Crippen LogP contribution in [0.15, 0.2) is 30.3 Å². The van der Waals surface area contributed by atoms with Gasteiger partial charge in [0, 0.05) is 0 Å². The van der Waals surface area contributed by atoms with Crippen molar-refractivity contribution in [2.45, 2.75) is 37.2 Å². The summed E-state index contributed by atoms with van der Waals surface area (Å²) in [5, 5.41) is 10.3. The third-order valence-electron chi connectivity index (χ3n) is 2.97. The molecule has 1 aromatic rings. The van der Waals surface area contributed by atoms with E-state index >= 15 is 0 Å². The molecule has 0 spiro atoms. The van der Waals surface area contributed by atoms with Gasteiger partial charge in [0.15, 0.2) is 4.87 Å². The number of alkyl halides is 1. The van der Waals surface area contributed by atoms with Crippen LogP contribution < -0.4 is 0 Å². The standard InChI is InChI=1S/C14H19ClO3/c1-3-4-10-14(15,13(17)18-2)12(16)11-8-6-5-7-9-11/h5-9,12,16H,3-4,10H2,1-2H3. The van der Waals surface area contributed by atoms with Gasteiger partial charge in [-0.1, -0.05) is 50.1 Å². The number of carbonyl (C=O) groups excluding carboxylic acids is 1. The van der Waals surface area contributed by atoms with Crippen molar-refractivity contribution in [2.75, 3.05) is 7.11 Å². The van der Waals surface area contributed by atoms with Crippen LogP contribution >= 0.6 is 11.6 Å². The molecule has 1 N–H and O–H groups in total. The van der Waals surface area contributed by atoms with Gasteiger partial charge in [0.1, 0.15) is 6.10 Å². The Kier molecular flexibility index (Phi) is 5.63. The number of benzene rings is 1. The quantitative estimate of drug-likeness (QED) is 0.638. The van der Waals surface area contributed by atoms with Gasteiger partial charge in [-0.25, -0.2) is 0 Å². The topological polar surface area (TPSA) is 46.5 Å². The highest BCUT2D eigenvalue weighted by Gasteiger charge is 2.44. The van der Waals surface area contributed by atoms with E-state index in [1.165, 1.54) is 7.11 Å². The normalized spacial score (nSPS) is 15.8. The second kappa shape index (κ2) is 6.76. The molecule has 0 aliphatic heterocycles. The predicted octanol–water partition coefficient (Wildman–Crippen LogP) is 3.06. The van der Waals surface area contributed by atoms with E-state index in [4.69, 9.17) is 16.3 Å². The number of halogens is 1. The summed E-state index contributed by atoms with van der Waals surface area (Å²) in [6.45, 7) is 2.00. The molecule has 0 radical (unpaired) electrons. The van der Waals surface area contributed by atoms with E-state index < -0.39 is 16.9 Å². The maximum atomic E-state index is 11.8. The molecule has 1 aromatic carbocycles. The molecule has 0 aliphatic carbocycles. The van der Waals surface area contributed by atoms with Crippen LogP contribution in [-0.2, 0) is 9.53 Å². The molecule has 18 heavy (non-hydrogen) atoms. The number of methoxy groups -OCH3 is 1. The van der Waals surface area contributed by atoms with Gasteiger partial charge in [-0.05, 0) is 12.0 Å². The zero-order valence-electron chi connectivity index (χ0n) is 10.7. The van der Waals surface area contributed by atoms with E-state index in [-0.39, 0.29) is 0 Å². The monoisotopic (exact) mass is 270 g/mol. The number of rotatable bonds is 6. The van der Waals surface area contributed by atoms with Gasteiger partial charge in [-0.2, -0.15) is 0 Å². The number of carbonyl (C=O) groups is 1. The summed E-state index contributed by atoms with van der Waals surface area (Å²) in [5.41, 5.74) is 0.619. The van der Waals surface area contributed by atoms with Crippen molar-refractivity contribution in [1.29, 1.82) is 0 Å². The first kappa shape index (κ1) is 15.0. The highest BCUT2D eigenvalue weighted by Crippen LogP contribution is 2.37. The molecular weight excluding hydrogens is 252 g/mol. The molecule has 0 fully saturated rings. The van der Waals surface area contributed by atoms with E-state index in [1.807, 2.05) is 13.0 Å². The summed E-state index contributed by atoms with van der Waals surface area (Å²) < 4.78 is 4.72. The van der Waals surface area contributed by atoms with Gasteiger partial charge in [0.05, 0.1) is 7.11 Å². The first-order chi connectivity index (χ1) is 8.56. The van der Waals surface area contributed by atoms with Crippen LogP contribution in [0.2, 0.25) is 0 Å². The smallest absolute Gasteiger partial charge is 0.329 e. The van der Waals surface area contributed by atoms with Crippen molar-refractivity contribution in [2.24, 2.45) is 0 Å². The Morgan fingerprint density at radius 2 is 2.06 bits per heavy atom. The van der Waals surface area contributed by atoms with Gasteiger partial charge < -0.3 is 9.84 Å². The van der Waals surface area contributed by atoms with Crippen molar-refractivity contribution < 1.29 is 14.6 Å². The van der Waals surface area contributed by atoms with Gasteiger partial charge >= 0.3 is 5.97 Å². The van der Waals surface area contributed by atoms with E-state index in [9.17, 15) is 9.90 Å². The Hall–Kier alpha value is -1.06. The van der Waals surface area contributed by atoms with Gasteiger partial charge in [-0.3, -0.25) is 4.79 Å². The van der Waals surface area contributed by atoms with Crippen molar-refractivity contribution in [3.8, 4) is 0 Å². The van der Waals surface area contributed by atoms with Crippen LogP contribution in [0.1, 0.15) is 37.9 Å². The first-order valence-corrected chi connectivity index (χ1v) is 6.44. The molecular formula is C14H19ClO3. The lowest BCUT2D eigenvalue weighted by Crippen LogP contribution is -2.40. The van der Waals surface area contributed by atoms with E-state index in [2.05, 4.69) is 0 Å². The zero-order valence-corrected chi connectivity index (χ0v) is 11.5. The van der Waals surface area contributed by atoms with E-state index in [0.29, 0.717) is 12.0 Å². The number of ether oxygens (including phenoxy) is 1. The highest BCUT2D eigenvalue weighted by molar-refractivity contribution is 6.34. The Labute approximate surface area is 113 Å². The molecule has 100 valence electrons. The summed E-state index contributed by atoms with van der Waals surface area (Å²) in [6.07, 6.45) is 0.961. The lowest BCUT2D eigenvalue weighted by Gasteiger charge is -2.29. The molecule has 1 rings (SSSR count). The number of aliphatic hydroxyl groups excluding tert-OH is 1. The van der Waals surface area contributed by atoms with Crippen LogP contribution in [0.5, 0.6) is 0 Å². The minimum Gasteiger partial charge on any atom is -0.468 e. The Morgan fingerprint density at radius 1 is 1.44 bits per heavy atom. The number of aliphatic hydroxyl groups is 1. The van der Waals surface area contributed by atoms with Crippen molar-refractivity contribution in [1.82, 2.24) is 0 Å². The minimum atomic E-state index is -1.41. The number of hydrogen-bond donors (Lipinski definition) is 1. The molecule has 0 heterocycles. The fourth-order valence-electron chi connectivity index (χ4n) is 1.85. The molecule has 0 bridgehead atoms. The lowest BCUT2D eigenvalue weighted by molar-refractivity contribution is -0.147. The fourth-order valence-corrected chi connectivity index (χ4v) is 2.19. The molecule has 0 aromatic heterocycles. The molecule has 0 saturated carbocycles. The second-order valence-corrected chi connectivity index (χ2v) is 4.95. The van der Waals surface area contributed by atoms with Crippen LogP contribution in [0.3, 0.4) is 0 Å². The van der Waals surface area contributed by atoms with Crippen molar-refractivity contribution in [3.05, 3.63) is 35.9 Å². The Bertz CT molecular complexity index is 380. The third-order valence-corrected chi connectivity index (χ3v) is 3.52. The highest BCUT2D eigenvalue weighted by atomic mass is 35.5. The lowest BCUT2D eigenvalue weighted by atomic mass is 9.90. The van der Waals surface area contributed by atoms with Crippen molar-refractivity contribution >= 4 is 17.6 Å². The third kappa shape index (κ3) is 3.24. The predicted molar refractivity (Wildman–Crippen MR) is 71.5 cm³/mol. The number of hydrogen-bond acceptors (Lipinski definition) is 3. The summed E-state index contributed by atoms with van der Waals surface area (Å²) in [6, 6.07) is 8.93. The van der Waals surface area contributed by atoms with Crippen LogP contribution in [0.25, 0.3) is 0 Å². The Morgan fingerprint density at radius 3 is 2.56 bits per heavy atom. The molecule has 3 nitrogen and oxygen atoms in total. The number of unbranched alkanes of at least 4 members (excludes halogenated alkanes) is 1. The number of esters is 1. The largest absolute Gasteiger partial charge is 0.468 e. The molecule has 0 saturated heterocycles. The minimum absolute atomic E-state index is 0.383. The molecule has 0 amide bonds. The van der Waals surface area contributed by atoms with E-state index in [0.717, 1.165) is 12.8 Å². The van der Waals surface area contributed by atoms with E-state index in [1.54, 1.807) is 24.3 Å². The average molecular weight is 271 g/mol. The summed E-state index contributed by atoms with van der Waals surface area (Å²) in [7, 11) is 1.28. The maximum Gasteiger partial charge on any atom is 0.329 e. The average Bonchev–Trinajstić information content (AvgIpc) is 2.43. The van der Waals surface area contributed by atoms with Gasteiger partial charge in [0.25, 0.3) is 0 Å². The fraction of sp³-hybridized carbons (Fsp3) is 0.500. The van der Waals surface area contributed by atoms with Crippen LogP contribution in [0, 0.1) is 0 Å². The van der Waals surface area contributed by atoms with Gasteiger partial charge in [0.2, 0.25) is 0 Å². The SMILES string of the molecule is CCCCC(Cl)(C(=O)OC)C(O)c1ccccc1. The summed E-state index contributed by atoms with van der Waals surface area (Å²) >= 11 is 6.33. The van der Waals surface area contributed by atoms with Gasteiger partial charge in [-0.15, -0.1) is 11.6 Å². The van der Waals surface area contributed by atoms with Crippen LogP contribution in [0.4, 0.5) is 0 Å². The van der Waals surface area contributed by atoms with Crippen LogP contribution in [-0.4, -0.2) is 23.1 Å². The molecule has 0 aliphatic rings. The second-order valence-electron chi connectivity index (χ2n) is 4.27. The molecule has 2 atom stereocenters. The van der Waals surface area contributed by atoms with Crippen molar-refractivity contribution in [3.63, 3.8) is 0 Å². The Balaban J connectivity index is 2.99. The maximum absolute atomic E-state index is 11.8. The zero-order chi connectivity index (χ0) is 13.6. The summed E-state index contributed by atoms with van der Waals surface area (Å²) in [5.74, 6) is -0.589. The summed E-state index contributed by atoms with van der Waals surface area (Å²) in [4.78, 5) is 10.4. The molecule has 4 heteroatoms.